The first-order valence-corrected chi connectivity index (χ1v) is 5.53. The highest BCUT2D eigenvalue weighted by molar-refractivity contribution is 5.41. The van der Waals surface area contributed by atoms with E-state index in [-0.39, 0.29) is 5.69 Å². The van der Waals surface area contributed by atoms with E-state index in [1.807, 2.05) is 12.1 Å². The molecule has 0 unspecified atom stereocenters. The smallest absolute Gasteiger partial charge is 0.287 e. The fourth-order valence-corrected chi connectivity index (χ4v) is 1.53. The molecule has 0 aromatic carbocycles. The number of anilines is 1. The molecule has 0 saturated carbocycles. The lowest BCUT2D eigenvalue weighted by molar-refractivity contribution is -0.385. The Balaban J connectivity index is 2.04. The Bertz CT molecular complexity index is 571. The van der Waals surface area contributed by atoms with Crippen LogP contribution in [-0.2, 0) is 6.54 Å². The molecule has 0 spiro atoms. The van der Waals surface area contributed by atoms with Gasteiger partial charge in [0.05, 0.1) is 12.0 Å². The largest absolute Gasteiger partial charge is 0.481 e. The number of pyridine rings is 2. The van der Waals surface area contributed by atoms with Crippen LogP contribution in [0.5, 0.6) is 5.88 Å². The van der Waals surface area contributed by atoms with Crippen LogP contribution < -0.4 is 10.1 Å². The number of methoxy groups -OCH3 is 1. The maximum Gasteiger partial charge on any atom is 0.287 e. The minimum absolute atomic E-state index is 0.0375. The SMILES string of the molecule is COc1ncccc1CNc1ccc([N+](=O)[O-])cn1. The van der Waals surface area contributed by atoms with E-state index >= 15 is 0 Å². The van der Waals surface area contributed by atoms with Gasteiger partial charge < -0.3 is 10.1 Å². The average molecular weight is 260 g/mol. The Morgan fingerprint density at radius 1 is 1.37 bits per heavy atom. The molecule has 1 N–H and O–H groups in total. The summed E-state index contributed by atoms with van der Waals surface area (Å²) in [5, 5.41) is 13.5. The molecule has 0 bridgehead atoms. The molecule has 7 nitrogen and oxygen atoms in total. The Kier molecular flexibility index (Phi) is 3.87. The molecule has 7 heteroatoms. The van der Waals surface area contributed by atoms with E-state index < -0.39 is 4.92 Å². The molecule has 19 heavy (non-hydrogen) atoms. The number of hydrogen-bond donors (Lipinski definition) is 1. The lowest BCUT2D eigenvalue weighted by Gasteiger charge is -2.08. The van der Waals surface area contributed by atoms with Gasteiger partial charge in [0.15, 0.2) is 0 Å². The van der Waals surface area contributed by atoms with Crippen molar-refractivity contribution < 1.29 is 9.66 Å². The standard InChI is InChI=1S/C12H12N4O3/c1-19-12-9(3-2-6-13-12)7-14-11-5-4-10(8-15-11)16(17)18/h2-6,8H,7H2,1H3,(H,14,15). The van der Waals surface area contributed by atoms with E-state index in [2.05, 4.69) is 15.3 Å². The summed E-state index contributed by atoms with van der Waals surface area (Å²) in [6.45, 7) is 0.474. The van der Waals surface area contributed by atoms with Gasteiger partial charge in [0.2, 0.25) is 5.88 Å². The van der Waals surface area contributed by atoms with Crippen molar-refractivity contribution in [3.63, 3.8) is 0 Å². The Morgan fingerprint density at radius 2 is 2.21 bits per heavy atom. The molecule has 2 rings (SSSR count). The highest BCUT2D eigenvalue weighted by Crippen LogP contribution is 2.16. The van der Waals surface area contributed by atoms with Crippen LogP contribution in [0.2, 0.25) is 0 Å². The van der Waals surface area contributed by atoms with Crippen molar-refractivity contribution >= 4 is 11.5 Å². The predicted molar refractivity (Wildman–Crippen MR) is 69.0 cm³/mol. The number of aromatic nitrogens is 2. The minimum atomic E-state index is -0.485. The van der Waals surface area contributed by atoms with Crippen LogP contribution in [0.1, 0.15) is 5.56 Å². The van der Waals surface area contributed by atoms with Gasteiger partial charge >= 0.3 is 0 Å². The van der Waals surface area contributed by atoms with Crippen LogP contribution in [0.25, 0.3) is 0 Å². The molecule has 0 amide bonds. The van der Waals surface area contributed by atoms with E-state index in [0.717, 1.165) is 5.56 Å². The van der Waals surface area contributed by atoms with Crippen molar-refractivity contribution in [2.45, 2.75) is 6.54 Å². The molecule has 0 atom stereocenters. The molecule has 0 saturated heterocycles. The minimum Gasteiger partial charge on any atom is -0.481 e. The van der Waals surface area contributed by atoms with Gasteiger partial charge in [-0.25, -0.2) is 9.97 Å². The van der Waals surface area contributed by atoms with E-state index in [0.29, 0.717) is 18.2 Å². The fraction of sp³-hybridized carbons (Fsp3) is 0.167. The quantitative estimate of drug-likeness (QED) is 0.653. The monoisotopic (exact) mass is 260 g/mol. The van der Waals surface area contributed by atoms with E-state index in [1.165, 1.54) is 12.3 Å². The van der Waals surface area contributed by atoms with Crippen LogP contribution in [-0.4, -0.2) is 22.0 Å². The van der Waals surface area contributed by atoms with E-state index in [9.17, 15) is 10.1 Å². The third kappa shape index (κ3) is 3.15. The molecule has 0 aliphatic rings. The van der Waals surface area contributed by atoms with Crippen molar-refractivity contribution in [2.75, 3.05) is 12.4 Å². The highest BCUT2D eigenvalue weighted by Gasteiger charge is 2.06. The second-order valence-corrected chi connectivity index (χ2v) is 3.68. The van der Waals surface area contributed by atoms with Crippen molar-refractivity contribution in [3.8, 4) is 5.88 Å². The van der Waals surface area contributed by atoms with Crippen LogP contribution in [0.3, 0.4) is 0 Å². The van der Waals surface area contributed by atoms with Crippen LogP contribution in [0.4, 0.5) is 11.5 Å². The molecule has 98 valence electrons. The summed E-state index contributed by atoms with van der Waals surface area (Å²) in [6.07, 6.45) is 2.86. The van der Waals surface area contributed by atoms with E-state index in [4.69, 9.17) is 4.74 Å². The maximum atomic E-state index is 10.5. The summed E-state index contributed by atoms with van der Waals surface area (Å²) < 4.78 is 5.12. The number of nitrogens with one attached hydrogen (secondary N) is 1. The van der Waals surface area contributed by atoms with E-state index in [1.54, 1.807) is 19.4 Å². The molecule has 2 heterocycles. The Hall–Kier alpha value is -2.70. The molecule has 2 aromatic rings. The van der Waals surface area contributed by atoms with Crippen LogP contribution in [0.15, 0.2) is 36.7 Å². The van der Waals surface area contributed by atoms with Gasteiger partial charge in [-0.15, -0.1) is 0 Å². The zero-order valence-corrected chi connectivity index (χ0v) is 10.2. The van der Waals surface area contributed by atoms with Gasteiger partial charge in [0.25, 0.3) is 5.69 Å². The van der Waals surface area contributed by atoms with Gasteiger partial charge in [-0.05, 0) is 12.1 Å². The fourth-order valence-electron chi connectivity index (χ4n) is 1.53. The zero-order chi connectivity index (χ0) is 13.7. The van der Waals surface area contributed by atoms with Gasteiger partial charge in [-0.1, -0.05) is 6.07 Å². The summed E-state index contributed by atoms with van der Waals surface area (Å²) in [4.78, 5) is 18.0. The zero-order valence-electron chi connectivity index (χ0n) is 10.2. The lowest BCUT2D eigenvalue weighted by Crippen LogP contribution is -2.04. The van der Waals surface area contributed by atoms with Gasteiger partial charge in [-0.3, -0.25) is 10.1 Å². The van der Waals surface area contributed by atoms with Crippen molar-refractivity contribution in [2.24, 2.45) is 0 Å². The molecule has 2 aromatic heterocycles. The number of ether oxygens (including phenoxy) is 1. The molecular weight excluding hydrogens is 248 g/mol. The van der Waals surface area contributed by atoms with Gasteiger partial charge in [0.1, 0.15) is 12.0 Å². The topological polar surface area (TPSA) is 90.2 Å². The summed E-state index contributed by atoms with van der Waals surface area (Å²) >= 11 is 0. The van der Waals surface area contributed by atoms with Crippen LogP contribution >= 0.6 is 0 Å². The second-order valence-electron chi connectivity index (χ2n) is 3.68. The first-order chi connectivity index (χ1) is 9.20. The first-order valence-electron chi connectivity index (χ1n) is 5.53. The van der Waals surface area contributed by atoms with Gasteiger partial charge in [-0.2, -0.15) is 0 Å². The summed E-state index contributed by atoms with van der Waals surface area (Å²) in [7, 11) is 1.55. The molecular formula is C12H12N4O3. The Labute approximate surface area is 109 Å². The number of nitrogens with zero attached hydrogens (tertiary/aromatic N) is 3. The Morgan fingerprint density at radius 3 is 2.84 bits per heavy atom. The summed E-state index contributed by atoms with van der Waals surface area (Å²) in [5.74, 6) is 1.09. The number of rotatable bonds is 5. The first kappa shape index (κ1) is 12.7. The number of nitro groups is 1. The van der Waals surface area contributed by atoms with Gasteiger partial charge in [0, 0.05) is 24.4 Å². The number of hydrogen-bond acceptors (Lipinski definition) is 6. The summed E-state index contributed by atoms with van der Waals surface area (Å²) in [5.41, 5.74) is 0.842. The van der Waals surface area contributed by atoms with Crippen molar-refractivity contribution in [1.29, 1.82) is 0 Å². The van der Waals surface area contributed by atoms with Crippen molar-refractivity contribution in [1.82, 2.24) is 9.97 Å². The molecule has 0 fully saturated rings. The predicted octanol–water partition coefficient (Wildman–Crippen LogP) is 2.01. The van der Waals surface area contributed by atoms with Crippen molar-refractivity contribution in [3.05, 3.63) is 52.3 Å². The summed E-state index contributed by atoms with van der Waals surface area (Å²) in [6, 6.07) is 6.64. The third-order valence-electron chi connectivity index (χ3n) is 2.46. The van der Waals surface area contributed by atoms with Crippen LogP contribution in [0, 0.1) is 10.1 Å². The molecule has 0 aliphatic carbocycles. The highest BCUT2D eigenvalue weighted by atomic mass is 16.6. The maximum absolute atomic E-state index is 10.5. The third-order valence-corrected chi connectivity index (χ3v) is 2.46. The molecule has 0 radical (unpaired) electrons. The average Bonchev–Trinajstić information content (AvgIpc) is 2.45. The molecule has 0 aliphatic heterocycles. The normalized spacial score (nSPS) is 9.95. The lowest BCUT2D eigenvalue weighted by atomic mass is 10.2. The second kappa shape index (κ2) is 5.76.